The summed E-state index contributed by atoms with van der Waals surface area (Å²) in [6.45, 7) is 2.61. The number of carbonyl (C=O) groups excluding carboxylic acids is 1. The number of hydrogen-bond donors (Lipinski definition) is 2. The molecule has 0 aliphatic rings. The normalized spacial score (nSPS) is 10.2. The van der Waals surface area contributed by atoms with Crippen molar-refractivity contribution >= 4 is 17.4 Å². The van der Waals surface area contributed by atoms with E-state index in [9.17, 15) is 4.79 Å². The molecule has 2 aromatic heterocycles. The van der Waals surface area contributed by atoms with Crippen molar-refractivity contribution < 1.29 is 4.79 Å². The molecule has 0 aliphatic heterocycles. The lowest BCUT2D eigenvalue weighted by Crippen LogP contribution is -2.14. The van der Waals surface area contributed by atoms with E-state index in [1.165, 1.54) is 0 Å². The Balaban J connectivity index is 1.59. The Hall–Kier alpha value is -3.28. The molecule has 1 aromatic carbocycles. The van der Waals surface area contributed by atoms with Gasteiger partial charge in [-0.1, -0.05) is 17.7 Å². The maximum atomic E-state index is 12.1. The van der Waals surface area contributed by atoms with Crippen molar-refractivity contribution in [2.45, 2.75) is 13.5 Å². The van der Waals surface area contributed by atoms with Gasteiger partial charge in [-0.3, -0.25) is 9.78 Å². The second-order valence-corrected chi connectivity index (χ2v) is 5.33. The quantitative estimate of drug-likeness (QED) is 0.755. The van der Waals surface area contributed by atoms with Crippen LogP contribution < -0.4 is 10.6 Å². The summed E-state index contributed by atoms with van der Waals surface area (Å²) in [5.41, 5.74) is 3.22. The molecular weight excluding hydrogens is 302 g/mol. The fraction of sp³-hybridized carbons (Fsp3) is 0.111. The molecule has 24 heavy (non-hydrogen) atoms. The van der Waals surface area contributed by atoms with Crippen LogP contribution in [0.2, 0.25) is 0 Å². The molecule has 1 amide bonds. The van der Waals surface area contributed by atoms with E-state index in [0.717, 1.165) is 16.8 Å². The summed E-state index contributed by atoms with van der Waals surface area (Å²) in [6, 6.07) is 14.8. The van der Waals surface area contributed by atoms with Crippen LogP contribution in [0, 0.1) is 6.92 Å². The first kappa shape index (κ1) is 15.6. The molecule has 6 heteroatoms. The van der Waals surface area contributed by atoms with Gasteiger partial charge in [-0.25, -0.2) is 0 Å². The van der Waals surface area contributed by atoms with Crippen LogP contribution in [-0.4, -0.2) is 21.1 Å². The van der Waals surface area contributed by atoms with Crippen molar-refractivity contribution in [1.82, 2.24) is 15.2 Å². The first-order valence-electron chi connectivity index (χ1n) is 7.55. The second-order valence-electron chi connectivity index (χ2n) is 5.33. The van der Waals surface area contributed by atoms with E-state index in [4.69, 9.17) is 0 Å². The van der Waals surface area contributed by atoms with Crippen molar-refractivity contribution in [1.29, 1.82) is 0 Å². The number of anilines is 2. The summed E-state index contributed by atoms with van der Waals surface area (Å²) in [4.78, 5) is 16.1. The van der Waals surface area contributed by atoms with Gasteiger partial charge < -0.3 is 10.6 Å². The van der Waals surface area contributed by atoms with E-state index in [0.29, 0.717) is 12.4 Å². The number of carbonyl (C=O) groups is 1. The molecule has 2 heterocycles. The Morgan fingerprint density at radius 3 is 2.38 bits per heavy atom. The summed E-state index contributed by atoms with van der Waals surface area (Å²) in [7, 11) is 0. The third kappa shape index (κ3) is 4.13. The molecule has 0 atom stereocenters. The maximum Gasteiger partial charge on any atom is 0.276 e. The number of aromatic nitrogens is 3. The number of aryl methyl sites for hydroxylation is 1. The van der Waals surface area contributed by atoms with E-state index in [-0.39, 0.29) is 11.6 Å². The first-order chi connectivity index (χ1) is 11.7. The van der Waals surface area contributed by atoms with E-state index in [1.54, 1.807) is 24.5 Å². The van der Waals surface area contributed by atoms with Gasteiger partial charge in [0.1, 0.15) is 5.82 Å². The number of nitrogens with zero attached hydrogens (tertiary/aromatic N) is 3. The minimum atomic E-state index is -0.285. The monoisotopic (exact) mass is 319 g/mol. The summed E-state index contributed by atoms with van der Waals surface area (Å²) in [5, 5.41) is 13.9. The highest BCUT2D eigenvalue weighted by Crippen LogP contribution is 2.11. The van der Waals surface area contributed by atoms with Crippen LogP contribution in [0.3, 0.4) is 0 Å². The Kier molecular flexibility index (Phi) is 4.76. The molecule has 3 rings (SSSR count). The molecule has 0 spiro atoms. The fourth-order valence-corrected chi connectivity index (χ4v) is 2.07. The zero-order valence-corrected chi connectivity index (χ0v) is 13.2. The summed E-state index contributed by atoms with van der Waals surface area (Å²) >= 11 is 0. The average molecular weight is 319 g/mol. The largest absolute Gasteiger partial charge is 0.365 e. The van der Waals surface area contributed by atoms with E-state index in [2.05, 4.69) is 25.8 Å². The number of amides is 1. The molecular formula is C18H17N5O. The number of hydrogen-bond acceptors (Lipinski definition) is 5. The van der Waals surface area contributed by atoms with Gasteiger partial charge in [0.25, 0.3) is 5.91 Å². The molecule has 0 aliphatic carbocycles. The van der Waals surface area contributed by atoms with E-state index in [1.807, 2.05) is 43.3 Å². The van der Waals surface area contributed by atoms with E-state index < -0.39 is 0 Å². The minimum Gasteiger partial charge on any atom is -0.365 e. The molecule has 0 radical (unpaired) electrons. The van der Waals surface area contributed by atoms with Gasteiger partial charge in [0.2, 0.25) is 0 Å². The lowest BCUT2D eigenvalue weighted by atomic mass is 10.2. The highest BCUT2D eigenvalue weighted by atomic mass is 16.1. The predicted octanol–water partition coefficient (Wildman–Crippen LogP) is 3.04. The van der Waals surface area contributed by atoms with Gasteiger partial charge in [0.05, 0.1) is 0 Å². The Bertz CT molecular complexity index is 801. The fourth-order valence-electron chi connectivity index (χ4n) is 2.07. The molecule has 0 saturated carbocycles. The van der Waals surface area contributed by atoms with Gasteiger partial charge in [-0.05, 0) is 48.9 Å². The number of nitrogens with one attached hydrogen (secondary N) is 2. The van der Waals surface area contributed by atoms with Gasteiger partial charge in [0, 0.05) is 24.6 Å². The Morgan fingerprint density at radius 1 is 0.958 bits per heavy atom. The van der Waals surface area contributed by atoms with Crippen LogP contribution in [0.5, 0.6) is 0 Å². The summed E-state index contributed by atoms with van der Waals surface area (Å²) in [6.07, 6.45) is 3.47. The van der Waals surface area contributed by atoms with Crippen LogP contribution in [0.4, 0.5) is 11.5 Å². The SMILES string of the molecule is Cc1ccc(NC(=O)c2ccc(NCc3ccncc3)nn2)cc1. The molecule has 0 saturated heterocycles. The second kappa shape index (κ2) is 7.32. The molecule has 3 aromatic rings. The van der Waals surface area contributed by atoms with Gasteiger partial charge >= 0.3 is 0 Å². The number of rotatable bonds is 5. The average Bonchev–Trinajstić information content (AvgIpc) is 2.63. The van der Waals surface area contributed by atoms with Crippen molar-refractivity contribution in [2.75, 3.05) is 10.6 Å². The Labute approximate surface area is 140 Å². The zero-order valence-electron chi connectivity index (χ0n) is 13.2. The third-order valence-corrected chi connectivity index (χ3v) is 3.43. The highest BCUT2D eigenvalue weighted by molar-refractivity contribution is 6.02. The van der Waals surface area contributed by atoms with Crippen molar-refractivity contribution in [3.63, 3.8) is 0 Å². The van der Waals surface area contributed by atoms with Crippen LogP contribution in [0.1, 0.15) is 21.6 Å². The zero-order chi connectivity index (χ0) is 16.8. The minimum absolute atomic E-state index is 0.269. The summed E-state index contributed by atoms with van der Waals surface area (Å²) < 4.78 is 0. The smallest absolute Gasteiger partial charge is 0.276 e. The van der Waals surface area contributed by atoms with Crippen LogP contribution >= 0.6 is 0 Å². The topological polar surface area (TPSA) is 79.8 Å². The molecule has 120 valence electrons. The van der Waals surface area contributed by atoms with Gasteiger partial charge in [-0.2, -0.15) is 0 Å². The lowest BCUT2D eigenvalue weighted by Gasteiger charge is -2.07. The predicted molar refractivity (Wildman–Crippen MR) is 92.7 cm³/mol. The standard InChI is InChI=1S/C18H17N5O/c1-13-2-4-15(5-3-13)21-18(24)16-6-7-17(23-22-16)20-12-14-8-10-19-11-9-14/h2-11H,12H2,1H3,(H,20,23)(H,21,24). The van der Waals surface area contributed by atoms with Gasteiger partial charge in [0.15, 0.2) is 5.69 Å². The van der Waals surface area contributed by atoms with Gasteiger partial charge in [-0.15, -0.1) is 10.2 Å². The van der Waals surface area contributed by atoms with Crippen molar-refractivity contribution in [3.8, 4) is 0 Å². The first-order valence-corrected chi connectivity index (χ1v) is 7.55. The highest BCUT2D eigenvalue weighted by Gasteiger charge is 2.08. The van der Waals surface area contributed by atoms with Crippen LogP contribution in [0.15, 0.2) is 60.9 Å². The van der Waals surface area contributed by atoms with Crippen LogP contribution in [-0.2, 0) is 6.54 Å². The summed E-state index contributed by atoms with van der Waals surface area (Å²) in [5.74, 6) is 0.325. The molecule has 6 nitrogen and oxygen atoms in total. The van der Waals surface area contributed by atoms with E-state index >= 15 is 0 Å². The maximum absolute atomic E-state index is 12.1. The van der Waals surface area contributed by atoms with Crippen molar-refractivity contribution in [3.05, 3.63) is 77.7 Å². The molecule has 2 N–H and O–H groups in total. The number of pyridine rings is 1. The lowest BCUT2D eigenvalue weighted by molar-refractivity contribution is 0.102. The third-order valence-electron chi connectivity index (χ3n) is 3.43. The number of benzene rings is 1. The van der Waals surface area contributed by atoms with Crippen molar-refractivity contribution in [2.24, 2.45) is 0 Å². The molecule has 0 unspecified atom stereocenters. The molecule has 0 fully saturated rings. The Morgan fingerprint density at radius 2 is 1.71 bits per heavy atom. The molecule has 0 bridgehead atoms. The van der Waals surface area contributed by atoms with Crippen LogP contribution in [0.25, 0.3) is 0 Å².